The third-order valence-electron chi connectivity index (χ3n) is 3.45. The molecule has 0 saturated carbocycles. The standard InChI is InChI=1S/C17H14N4O3S/c1-10(22)12-4-2-11(3-5-12)6-16-20-13(8-25-16)14(23)7-15(24)17-18-9-19-21-17/h2-5,7-9,23H,6H2,1H3,(H,18,19,21). The largest absolute Gasteiger partial charge is 0.506 e. The lowest BCUT2D eigenvalue weighted by atomic mass is 10.1. The first-order chi connectivity index (χ1) is 12.0. The summed E-state index contributed by atoms with van der Waals surface area (Å²) in [5, 5.41) is 18.5. The highest BCUT2D eigenvalue weighted by Gasteiger charge is 2.12. The number of aromatic nitrogens is 4. The molecule has 8 heteroatoms. The van der Waals surface area contributed by atoms with E-state index in [1.807, 2.05) is 12.1 Å². The maximum absolute atomic E-state index is 11.9. The molecule has 0 saturated heterocycles. The molecule has 0 aliphatic rings. The molecule has 0 amide bonds. The van der Waals surface area contributed by atoms with Crippen molar-refractivity contribution in [3.8, 4) is 0 Å². The zero-order valence-electron chi connectivity index (χ0n) is 13.3. The van der Waals surface area contributed by atoms with Gasteiger partial charge in [-0.25, -0.2) is 9.97 Å². The van der Waals surface area contributed by atoms with Gasteiger partial charge in [0, 0.05) is 23.4 Å². The van der Waals surface area contributed by atoms with Crippen molar-refractivity contribution >= 4 is 28.7 Å². The third-order valence-corrected chi connectivity index (χ3v) is 4.30. The Bertz CT molecular complexity index is 927. The summed E-state index contributed by atoms with van der Waals surface area (Å²) in [6, 6.07) is 7.31. The number of hydrogen-bond acceptors (Lipinski definition) is 7. The van der Waals surface area contributed by atoms with E-state index in [-0.39, 0.29) is 17.4 Å². The van der Waals surface area contributed by atoms with Gasteiger partial charge in [0.25, 0.3) is 0 Å². The molecule has 2 N–H and O–H groups in total. The van der Waals surface area contributed by atoms with Crippen LogP contribution in [-0.4, -0.2) is 36.8 Å². The van der Waals surface area contributed by atoms with Gasteiger partial charge in [-0.3, -0.25) is 14.7 Å². The number of H-pyrrole nitrogens is 1. The molecule has 0 aliphatic carbocycles. The highest BCUT2D eigenvalue weighted by atomic mass is 32.1. The van der Waals surface area contributed by atoms with Gasteiger partial charge < -0.3 is 5.11 Å². The van der Waals surface area contributed by atoms with Gasteiger partial charge >= 0.3 is 0 Å². The predicted octanol–water partition coefficient (Wildman–Crippen LogP) is 2.84. The Kier molecular flexibility index (Phi) is 4.80. The summed E-state index contributed by atoms with van der Waals surface area (Å²) in [5.74, 6) is -0.637. The summed E-state index contributed by atoms with van der Waals surface area (Å²) in [6.45, 7) is 1.53. The number of hydrogen-bond donors (Lipinski definition) is 2. The van der Waals surface area contributed by atoms with Crippen LogP contribution in [0.15, 0.2) is 42.0 Å². The van der Waals surface area contributed by atoms with E-state index in [0.29, 0.717) is 17.7 Å². The molecule has 7 nitrogen and oxygen atoms in total. The molecule has 2 heterocycles. The average molecular weight is 354 g/mol. The number of nitrogens with one attached hydrogen (secondary N) is 1. The van der Waals surface area contributed by atoms with Crippen LogP contribution < -0.4 is 0 Å². The van der Waals surface area contributed by atoms with Gasteiger partial charge in [0.1, 0.15) is 17.8 Å². The van der Waals surface area contributed by atoms with Crippen LogP contribution >= 0.6 is 11.3 Å². The highest BCUT2D eigenvalue weighted by Crippen LogP contribution is 2.19. The lowest BCUT2D eigenvalue weighted by Gasteiger charge is -2.00. The van der Waals surface area contributed by atoms with Crippen molar-refractivity contribution in [2.24, 2.45) is 0 Å². The van der Waals surface area contributed by atoms with Crippen LogP contribution in [0.2, 0.25) is 0 Å². The molecule has 3 rings (SSSR count). The van der Waals surface area contributed by atoms with Crippen LogP contribution in [0.5, 0.6) is 0 Å². The summed E-state index contributed by atoms with van der Waals surface area (Å²) in [6.07, 6.45) is 2.85. The van der Waals surface area contributed by atoms with Crippen molar-refractivity contribution in [3.05, 3.63) is 69.7 Å². The van der Waals surface area contributed by atoms with E-state index in [2.05, 4.69) is 20.2 Å². The number of ketones is 2. The van der Waals surface area contributed by atoms with Crippen LogP contribution in [0.3, 0.4) is 0 Å². The minimum absolute atomic E-state index is 0.0227. The van der Waals surface area contributed by atoms with Gasteiger partial charge in [0.05, 0.1) is 5.01 Å². The van der Waals surface area contributed by atoms with E-state index >= 15 is 0 Å². The first-order valence-electron chi connectivity index (χ1n) is 7.38. The molecule has 0 radical (unpaired) electrons. The van der Waals surface area contributed by atoms with Gasteiger partial charge in [-0.2, -0.15) is 5.10 Å². The smallest absolute Gasteiger partial charge is 0.226 e. The average Bonchev–Trinajstić information content (AvgIpc) is 3.27. The number of carbonyl (C=O) groups is 2. The molecule has 1 aromatic carbocycles. The SMILES string of the molecule is CC(=O)c1ccc(Cc2nc(C(O)=CC(=O)c3ncn[nH]3)cs2)cc1. The van der Waals surface area contributed by atoms with Crippen molar-refractivity contribution in [2.45, 2.75) is 13.3 Å². The molecule has 25 heavy (non-hydrogen) atoms. The quantitative estimate of drug-likeness (QED) is 0.400. The molecule has 0 bridgehead atoms. The summed E-state index contributed by atoms with van der Waals surface area (Å²) in [5.41, 5.74) is 2.00. The number of thiazole rings is 1. The molecule has 3 aromatic rings. The van der Waals surface area contributed by atoms with Gasteiger partial charge in [-0.15, -0.1) is 11.3 Å². The Balaban J connectivity index is 1.71. The van der Waals surface area contributed by atoms with Crippen LogP contribution in [0, 0.1) is 0 Å². The topological polar surface area (TPSA) is 109 Å². The number of allylic oxidation sites excluding steroid dienone is 1. The first-order valence-corrected chi connectivity index (χ1v) is 8.26. The van der Waals surface area contributed by atoms with E-state index < -0.39 is 5.78 Å². The van der Waals surface area contributed by atoms with Crippen LogP contribution in [0.4, 0.5) is 0 Å². The Morgan fingerprint density at radius 3 is 2.68 bits per heavy atom. The second-order valence-electron chi connectivity index (χ2n) is 5.28. The Morgan fingerprint density at radius 2 is 2.04 bits per heavy atom. The number of carbonyl (C=O) groups excluding carboxylic acids is 2. The van der Waals surface area contributed by atoms with E-state index in [4.69, 9.17) is 0 Å². The summed E-state index contributed by atoms with van der Waals surface area (Å²) in [7, 11) is 0. The van der Waals surface area contributed by atoms with Crippen molar-refractivity contribution in [1.82, 2.24) is 20.2 Å². The molecular weight excluding hydrogens is 340 g/mol. The van der Waals surface area contributed by atoms with Gasteiger partial charge in [0.2, 0.25) is 5.78 Å². The maximum atomic E-state index is 11.9. The number of aliphatic hydroxyl groups excluding tert-OH is 1. The number of Topliss-reactive ketones (excluding diaryl/α,β-unsaturated/α-hetero) is 1. The van der Waals surface area contributed by atoms with Gasteiger partial charge in [0.15, 0.2) is 11.6 Å². The number of nitrogens with zero attached hydrogens (tertiary/aromatic N) is 3. The zero-order chi connectivity index (χ0) is 17.8. The van der Waals surface area contributed by atoms with Crippen LogP contribution in [0.1, 0.15) is 44.2 Å². The molecule has 0 aliphatic heterocycles. The maximum Gasteiger partial charge on any atom is 0.226 e. The lowest BCUT2D eigenvalue weighted by molar-refractivity contribution is 0.101. The molecule has 0 atom stereocenters. The van der Waals surface area contributed by atoms with Gasteiger partial charge in [-0.05, 0) is 12.5 Å². The van der Waals surface area contributed by atoms with Crippen molar-refractivity contribution < 1.29 is 14.7 Å². The van der Waals surface area contributed by atoms with Crippen molar-refractivity contribution in [1.29, 1.82) is 0 Å². The zero-order valence-corrected chi connectivity index (χ0v) is 14.1. The number of rotatable bonds is 6. The minimum atomic E-state index is -0.482. The van der Waals surface area contributed by atoms with E-state index in [9.17, 15) is 14.7 Å². The number of aliphatic hydroxyl groups is 1. The fraction of sp³-hybridized carbons (Fsp3) is 0.118. The second kappa shape index (κ2) is 7.18. The summed E-state index contributed by atoms with van der Waals surface area (Å²) in [4.78, 5) is 31.2. The molecule has 2 aromatic heterocycles. The van der Waals surface area contributed by atoms with Crippen molar-refractivity contribution in [2.75, 3.05) is 0 Å². The lowest BCUT2D eigenvalue weighted by Crippen LogP contribution is -1.99. The second-order valence-corrected chi connectivity index (χ2v) is 6.23. The minimum Gasteiger partial charge on any atom is -0.506 e. The number of aromatic amines is 1. The summed E-state index contributed by atoms with van der Waals surface area (Å²) >= 11 is 1.38. The molecule has 126 valence electrons. The third kappa shape index (κ3) is 4.04. The normalized spacial score (nSPS) is 11.5. The fourth-order valence-electron chi connectivity index (χ4n) is 2.13. The van der Waals surface area contributed by atoms with Gasteiger partial charge in [-0.1, -0.05) is 24.3 Å². The molecule has 0 fully saturated rings. The Morgan fingerprint density at radius 1 is 1.28 bits per heavy atom. The molecule has 0 spiro atoms. The predicted molar refractivity (Wildman–Crippen MR) is 92.7 cm³/mol. The summed E-state index contributed by atoms with van der Waals surface area (Å²) < 4.78 is 0. The number of benzene rings is 1. The molecule has 0 unspecified atom stereocenters. The van der Waals surface area contributed by atoms with Crippen LogP contribution in [-0.2, 0) is 6.42 Å². The monoisotopic (exact) mass is 354 g/mol. The Hall–Kier alpha value is -3.13. The molecular formula is C17H14N4O3S. The fourth-order valence-corrected chi connectivity index (χ4v) is 2.95. The highest BCUT2D eigenvalue weighted by molar-refractivity contribution is 7.09. The van der Waals surface area contributed by atoms with Crippen LogP contribution in [0.25, 0.3) is 5.76 Å². The van der Waals surface area contributed by atoms with E-state index in [1.54, 1.807) is 17.5 Å². The van der Waals surface area contributed by atoms with E-state index in [0.717, 1.165) is 16.6 Å². The first kappa shape index (κ1) is 16.7. The van der Waals surface area contributed by atoms with Crippen molar-refractivity contribution in [3.63, 3.8) is 0 Å². The Labute approximate surface area is 147 Å². The van der Waals surface area contributed by atoms with E-state index in [1.165, 1.54) is 24.6 Å².